The number of likely N-dealkylation sites (tertiary alicyclic amines) is 1. The Morgan fingerprint density at radius 3 is 2.61 bits per heavy atom. The van der Waals surface area contributed by atoms with Crippen molar-refractivity contribution in [3.05, 3.63) is 47.8 Å². The molecule has 2 heterocycles. The monoisotopic (exact) mass is 403 g/mol. The molecule has 1 aromatic carbocycles. The lowest BCUT2D eigenvalue weighted by Crippen LogP contribution is -2.38. The van der Waals surface area contributed by atoms with Gasteiger partial charge in [-0.1, -0.05) is 44.2 Å². The Bertz CT molecular complexity index is 920. The summed E-state index contributed by atoms with van der Waals surface area (Å²) in [6.45, 7) is 6.93. The van der Waals surface area contributed by atoms with E-state index in [1.54, 1.807) is 6.20 Å². The van der Waals surface area contributed by atoms with Crippen LogP contribution in [-0.4, -0.2) is 48.0 Å². The fourth-order valence-corrected chi connectivity index (χ4v) is 4.69. The van der Waals surface area contributed by atoms with E-state index in [-0.39, 0.29) is 16.9 Å². The summed E-state index contributed by atoms with van der Waals surface area (Å²) < 4.78 is 26.0. The highest BCUT2D eigenvalue weighted by Crippen LogP contribution is 2.23. The second-order valence-electron chi connectivity index (χ2n) is 8.11. The van der Waals surface area contributed by atoms with Gasteiger partial charge in [0.25, 0.3) is 0 Å². The topological polar surface area (TPSA) is 72.3 Å². The first kappa shape index (κ1) is 20.7. The lowest BCUT2D eigenvalue weighted by Gasteiger charge is -2.32. The largest absolute Gasteiger partial charge is 0.317 e. The fraction of sp³-hybridized carbons (Fsp3) is 0.524. The van der Waals surface area contributed by atoms with E-state index in [0.717, 1.165) is 30.6 Å². The number of hydrogen-bond donors (Lipinski definition) is 0. The average Bonchev–Trinajstić information content (AvgIpc) is 3.04. The summed E-state index contributed by atoms with van der Waals surface area (Å²) in [7, 11) is -3.38. The van der Waals surface area contributed by atoms with Crippen molar-refractivity contribution in [2.45, 2.75) is 44.9 Å². The molecule has 6 nitrogen and oxygen atoms in total. The van der Waals surface area contributed by atoms with Gasteiger partial charge >= 0.3 is 0 Å². The molecule has 1 atom stereocenters. The number of benzene rings is 1. The first-order valence-electron chi connectivity index (χ1n) is 9.81. The van der Waals surface area contributed by atoms with Crippen molar-refractivity contribution in [1.82, 2.24) is 14.5 Å². The number of hydrogen-bond acceptors (Lipinski definition) is 5. The normalized spacial score (nSPS) is 18.5. The second kappa shape index (κ2) is 8.57. The van der Waals surface area contributed by atoms with E-state index in [9.17, 15) is 13.2 Å². The van der Waals surface area contributed by atoms with Crippen LogP contribution >= 0.6 is 0 Å². The zero-order valence-corrected chi connectivity index (χ0v) is 17.7. The number of ketones is 1. The molecular formula is C21H29N3O3S. The molecule has 0 aliphatic carbocycles. The van der Waals surface area contributed by atoms with E-state index in [1.165, 1.54) is 6.26 Å². The van der Waals surface area contributed by atoms with Crippen molar-refractivity contribution < 1.29 is 13.2 Å². The highest BCUT2D eigenvalue weighted by molar-refractivity contribution is 7.90. The first-order valence-corrected chi connectivity index (χ1v) is 11.7. The number of carbonyl (C=O) groups is 1. The predicted octanol–water partition coefficient (Wildman–Crippen LogP) is 3.04. The minimum absolute atomic E-state index is 0.0213. The molecule has 2 aromatic rings. The summed E-state index contributed by atoms with van der Waals surface area (Å²) in [5.74, 6) is 0.479. The standard InChI is InChI=1S/C21H29N3O3S/c1-16(2)13-24-19(12-22-21(24)28(3,26)27)15-23-11-7-10-18(14-23)20(25)17-8-5-4-6-9-17/h4-6,8-9,12,16,18H,7,10-11,13-15H2,1-3H3/t18-/m0/s1. The number of nitrogens with zero attached hydrogens (tertiary/aromatic N) is 3. The Balaban J connectivity index is 1.76. The molecule has 28 heavy (non-hydrogen) atoms. The molecule has 0 N–H and O–H groups in total. The van der Waals surface area contributed by atoms with Gasteiger partial charge in [-0.25, -0.2) is 13.4 Å². The summed E-state index contributed by atoms with van der Waals surface area (Å²) in [5.41, 5.74) is 1.65. The molecule has 3 rings (SSSR count). The Labute approximate surface area is 167 Å². The third kappa shape index (κ3) is 4.89. The van der Waals surface area contributed by atoms with Crippen LogP contribution in [0.1, 0.15) is 42.7 Å². The zero-order chi connectivity index (χ0) is 20.3. The number of imidazole rings is 1. The van der Waals surface area contributed by atoms with Crippen molar-refractivity contribution in [2.24, 2.45) is 11.8 Å². The summed E-state index contributed by atoms with van der Waals surface area (Å²) >= 11 is 0. The van der Waals surface area contributed by atoms with Crippen molar-refractivity contribution in [1.29, 1.82) is 0 Å². The van der Waals surface area contributed by atoms with Gasteiger partial charge in [-0.15, -0.1) is 0 Å². The van der Waals surface area contributed by atoms with Crippen molar-refractivity contribution in [3.8, 4) is 0 Å². The zero-order valence-electron chi connectivity index (χ0n) is 16.8. The maximum atomic E-state index is 12.8. The van der Waals surface area contributed by atoms with Crippen LogP contribution in [0.4, 0.5) is 0 Å². The average molecular weight is 404 g/mol. The first-order chi connectivity index (χ1) is 13.3. The Hall–Kier alpha value is -1.99. The molecule has 152 valence electrons. The van der Waals surface area contributed by atoms with Gasteiger partial charge in [0.1, 0.15) is 0 Å². The second-order valence-corrected chi connectivity index (χ2v) is 10.0. The summed E-state index contributed by atoms with van der Waals surface area (Å²) in [6, 6.07) is 9.45. The van der Waals surface area contributed by atoms with Gasteiger partial charge in [-0.3, -0.25) is 9.69 Å². The van der Waals surface area contributed by atoms with E-state index in [2.05, 4.69) is 23.7 Å². The highest BCUT2D eigenvalue weighted by atomic mass is 32.2. The van der Waals surface area contributed by atoms with Crippen LogP contribution in [0.5, 0.6) is 0 Å². The van der Waals surface area contributed by atoms with Gasteiger partial charge in [-0.2, -0.15) is 0 Å². The van der Waals surface area contributed by atoms with Crippen LogP contribution in [0, 0.1) is 11.8 Å². The van der Waals surface area contributed by atoms with Gasteiger partial charge in [0.15, 0.2) is 5.78 Å². The molecule has 1 aliphatic rings. The van der Waals surface area contributed by atoms with Gasteiger partial charge in [0.05, 0.1) is 11.9 Å². The molecule has 1 aliphatic heterocycles. The van der Waals surface area contributed by atoms with Crippen LogP contribution in [0.15, 0.2) is 41.7 Å². The SMILES string of the molecule is CC(C)Cn1c(CN2CCC[C@H](C(=O)c3ccccc3)C2)cnc1S(C)(=O)=O. The van der Waals surface area contributed by atoms with Crippen LogP contribution in [-0.2, 0) is 22.9 Å². The summed E-state index contributed by atoms with van der Waals surface area (Å²) in [4.78, 5) is 19.3. The number of piperidine rings is 1. The van der Waals surface area contributed by atoms with E-state index < -0.39 is 9.84 Å². The molecule has 1 fully saturated rings. The van der Waals surface area contributed by atoms with Crippen LogP contribution in [0.25, 0.3) is 0 Å². The molecule has 0 spiro atoms. The Kier molecular flexibility index (Phi) is 6.35. The van der Waals surface area contributed by atoms with Crippen LogP contribution < -0.4 is 0 Å². The highest BCUT2D eigenvalue weighted by Gasteiger charge is 2.28. The molecular weight excluding hydrogens is 374 g/mol. The molecule has 0 bridgehead atoms. The van der Waals surface area contributed by atoms with Gasteiger partial charge < -0.3 is 4.57 Å². The number of aromatic nitrogens is 2. The number of rotatable bonds is 7. The fourth-order valence-electron chi connectivity index (χ4n) is 3.85. The molecule has 0 saturated carbocycles. The minimum atomic E-state index is -3.38. The van der Waals surface area contributed by atoms with E-state index in [0.29, 0.717) is 25.6 Å². The lowest BCUT2D eigenvalue weighted by molar-refractivity contribution is 0.0808. The minimum Gasteiger partial charge on any atom is -0.317 e. The quantitative estimate of drug-likeness (QED) is 0.665. The molecule has 7 heteroatoms. The van der Waals surface area contributed by atoms with E-state index >= 15 is 0 Å². The number of sulfone groups is 1. The van der Waals surface area contributed by atoms with Gasteiger partial charge in [0.2, 0.25) is 15.0 Å². The smallest absolute Gasteiger partial charge is 0.227 e. The molecule has 0 amide bonds. The van der Waals surface area contributed by atoms with Crippen LogP contribution in [0.3, 0.4) is 0 Å². The van der Waals surface area contributed by atoms with E-state index in [1.807, 2.05) is 34.9 Å². The van der Waals surface area contributed by atoms with Gasteiger partial charge in [-0.05, 0) is 25.3 Å². The number of Topliss-reactive ketones (excluding diaryl/α,β-unsaturated/α-hetero) is 1. The molecule has 1 aromatic heterocycles. The Morgan fingerprint density at radius 1 is 1.25 bits per heavy atom. The molecule has 0 unspecified atom stereocenters. The maximum absolute atomic E-state index is 12.8. The van der Waals surface area contributed by atoms with Crippen LogP contribution in [0.2, 0.25) is 0 Å². The summed E-state index contributed by atoms with van der Waals surface area (Å²) in [5, 5.41) is 0.130. The van der Waals surface area contributed by atoms with Gasteiger partial charge in [0, 0.05) is 37.4 Å². The van der Waals surface area contributed by atoms with Crippen molar-refractivity contribution in [3.63, 3.8) is 0 Å². The maximum Gasteiger partial charge on any atom is 0.227 e. The number of carbonyl (C=O) groups excluding carboxylic acids is 1. The third-order valence-corrected chi connectivity index (χ3v) is 6.09. The van der Waals surface area contributed by atoms with E-state index in [4.69, 9.17) is 0 Å². The predicted molar refractivity (Wildman–Crippen MR) is 109 cm³/mol. The summed E-state index contributed by atoms with van der Waals surface area (Å²) in [6.07, 6.45) is 4.72. The Morgan fingerprint density at radius 2 is 1.96 bits per heavy atom. The van der Waals surface area contributed by atoms with Crippen molar-refractivity contribution in [2.75, 3.05) is 19.3 Å². The third-order valence-electron chi connectivity index (χ3n) is 5.10. The molecule has 1 saturated heterocycles. The molecule has 0 radical (unpaired) electrons. The lowest BCUT2D eigenvalue weighted by atomic mass is 9.90. The van der Waals surface area contributed by atoms with Crippen molar-refractivity contribution >= 4 is 15.6 Å².